The Bertz CT molecular complexity index is 898. The number of rotatable bonds is 14. The molecule has 2 atom stereocenters. The summed E-state index contributed by atoms with van der Waals surface area (Å²) in [5.41, 5.74) is -0.710. The molecule has 2 amide bonds. The summed E-state index contributed by atoms with van der Waals surface area (Å²) in [6.45, 7) is 3.92. The van der Waals surface area contributed by atoms with E-state index in [0.29, 0.717) is 4.48 Å². The summed E-state index contributed by atoms with van der Waals surface area (Å²) in [5.74, 6) is -2.84. The molecule has 0 aromatic heterocycles. The van der Waals surface area contributed by atoms with Crippen molar-refractivity contribution in [1.82, 2.24) is 10.6 Å². The lowest BCUT2D eigenvalue weighted by molar-refractivity contribution is -0.873. The van der Waals surface area contributed by atoms with Crippen LogP contribution in [-0.4, -0.2) is 105 Å². The average Bonchev–Trinajstić information content (AvgIpc) is 2.75. The minimum atomic E-state index is -1.35. The van der Waals surface area contributed by atoms with Crippen LogP contribution in [0.15, 0.2) is 12.2 Å². The number of likely N-dealkylation sites (N-methyl/N-ethyl adjacent to an activating group) is 1. The molecule has 0 saturated carbocycles. The number of thioether (sulfide) groups is 1. The van der Waals surface area contributed by atoms with E-state index < -0.39 is 53.2 Å². The third kappa shape index (κ3) is 13.7. The van der Waals surface area contributed by atoms with Gasteiger partial charge in [0.15, 0.2) is 12.2 Å². The first kappa shape index (κ1) is 31.9. The molecule has 208 valence electrons. The lowest BCUT2D eigenvalue weighted by atomic mass is 9.86. The minimum Gasteiger partial charge on any atom is -0.550 e. The van der Waals surface area contributed by atoms with E-state index >= 15 is 0 Å². The van der Waals surface area contributed by atoms with Crippen molar-refractivity contribution in [2.24, 2.45) is 5.41 Å². The number of ether oxygens (including phenoxy) is 3. The van der Waals surface area contributed by atoms with Crippen LogP contribution in [0.3, 0.4) is 0 Å². The number of carbonyl (C=O) groups excluding carboxylic acids is 6. The van der Waals surface area contributed by atoms with Crippen molar-refractivity contribution in [1.29, 1.82) is 0 Å². The highest BCUT2D eigenvalue weighted by Gasteiger charge is 2.43. The van der Waals surface area contributed by atoms with Gasteiger partial charge in [0.25, 0.3) is 5.91 Å². The second-order valence-corrected chi connectivity index (χ2v) is 11.1. The quantitative estimate of drug-likeness (QED) is 0.115. The van der Waals surface area contributed by atoms with E-state index in [2.05, 4.69) is 10.6 Å². The molecule has 1 aliphatic heterocycles. The molecule has 1 aliphatic rings. The van der Waals surface area contributed by atoms with Crippen LogP contribution in [0, 0.1) is 5.41 Å². The lowest BCUT2D eigenvalue weighted by Crippen LogP contribution is -2.52. The molecule has 0 unspecified atom stereocenters. The minimum absolute atomic E-state index is 0.0198. The van der Waals surface area contributed by atoms with E-state index in [0.717, 1.165) is 23.9 Å². The van der Waals surface area contributed by atoms with Crippen LogP contribution in [0.5, 0.6) is 0 Å². The zero-order valence-corrected chi connectivity index (χ0v) is 22.5. The van der Waals surface area contributed by atoms with Crippen molar-refractivity contribution in [3.05, 3.63) is 12.2 Å². The fourth-order valence-electron chi connectivity index (χ4n) is 3.17. The fourth-order valence-corrected chi connectivity index (χ4v) is 3.74. The molecule has 0 aliphatic carbocycles. The van der Waals surface area contributed by atoms with E-state index in [1.165, 1.54) is 0 Å². The Morgan fingerprint density at radius 1 is 1.16 bits per heavy atom. The fraction of sp³-hybridized carbons (Fsp3) is 0.652. The predicted octanol–water partition coefficient (Wildman–Crippen LogP) is -1.26. The third-order valence-electron chi connectivity index (χ3n) is 4.83. The smallest absolute Gasteiger partial charge is 0.509 e. The Morgan fingerprint density at radius 2 is 1.84 bits per heavy atom. The average molecular weight is 546 g/mol. The van der Waals surface area contributed by atoms with E-state index in [9.17, 15) is 33.9 Å². The number of hydrogen-bond donors (Lipinski definition) is 2. The van der Waals surface area contributed by atoms with Gasteiger partial charge in [0.2, 0.25) is 11.0 Å². The molecule has 0 radical (unpaired) electrons. The largest absolute Gasteiger partial charge is 0.550 e. The highest BCUT2D eigenvalue weighted by molar-refractivity contribution is 8.14. The molecule has 1 saturated heterocycles. The maximum atomic E-state index is 12.3. The summed E-state index contributed by atoms with van der Waals surface area (Å²) in [6.07, 6.45) is -1.39. The number of nitrogens with one attached hydrogen (secondary N) is 2. The number of carboxylic acid groups (broad SMARTS) is 1. The zero-order chi connectivity index (χ0) is 28.2. The maximum Gasteiger partial charge on any atom is 0.509 e. The van der Waals surface area contributed by atoms with Gasteiger partial charge in [-0.1, -0.05) is 25.6 Å². The molecule has 13 nitrogen and oxygen atoms in total. The lowest BCUT2D eigenvalue weighted by Gasteiger charge is -2.35. The van der Waals surface area contributed by atoms with E-state index in [-0.39, 0.29) is 44.3 Å². The Labute approximate surface area is 219 Å². The van der Waals surface area contributed by atoms with Crippen molar-refractivity contribution in [3.63, 3.8) is 0 Å². The van der Waals surface area contributed by atoms with Gasteiger partial charge in [-0.3, -0.25) is 14.4 Å². The van der Waals surface area contributed by atoms with Gasteiger partial charge in [-0.05, 0) is 6.08 Å². The van der Waals surface area contributed by atoms with E-state index in [1.54, 1.807) is 13.8 Å². The molecule has 0 aromatic carbocycles. The molecule has 0 spiro atoms. The van der Waals surface area contributed by atoms with Gasteiger partial charge in [-0.15, -0.1) is 0 Å². The molecular formula is C23H35N3O10S. The molecule has 37 heavy (non-hydrogen) atoms. The number of quaternary nitrogens is 1. The number of hydrogen-bond acceptors (Lipinski definition) is 11. The Kier molecular flexibility index (Phi) is 12.6. The standard InChI is InChI=1S/C23H35N3O10S/c1-23(2)14-34-22(33)36-20(23)21(32)25-9-8-16(27)24-10-11-37-19(31)7-6-18(30)35-15(12-17(28)29)13-26(3,4)5/h6-7,15,20H,8-14H2,1-5H3,(H2-,24,25,27,28,29,32)/b7-6+/t15-,20+/m1/s1. The summed E-state index contributed by atoms with van der Waals surface area (Å²) in [7, 11) is 5.44. The normalized spacial score (nSPS) is 17.8. The van der Waals surface area contributed by atoms with Gasteiger partial charge in [-0.2, -0.15) is 0 Å². The molecule has 1 rings (SSSR count). The van der Waals surface area contributed by atoms with Crippen molar-refractivity contribution < 1.29 is 52.6 Å². The van der Waals surface area contributed by atoms with Crippen molar-refractivity contribution >= 4 is 46.8 Å². The summed E-state index contributed by atoms with van der Waals surface area (Å²) in [5, 5.41) is 15.6. The first-order valence-electron chi connectivity index (χ1n) is 11.5. The van der Waals surface area contributed by atoms with Gasteiger partial charge in [0.1, 0.15) is 13.2 Å². The summed E-state index contributed by atoms with van der Waals surface area (Å²) >= 11 is 0.862. The Balaban J connectivity index is 2.29. The number of amides is 2. The molecule has 0 aromatic rings. The molecule has 1 fully saturated rings. The molecule has 1 heterocycles. The molecule has 0 bridgehead atoms. The number of esters is 1. The molecular weight excluding hydrogens is 510 g/mol. The van der Waals surface area contributed by atoms with Crippen LogP contribution in [0.1, 0.15) is 26.7 Å². The number of nitrogens with zero attached hydrogens (tertiary/aromatic N) is 1. The van der Waals surface area contributed by atoms with Crippen LogP contribution in [0.2, 0.25) is 0 Å². The Hall–Kier alpha value is -3.13. The van der Waals surface area contributed by atoms with Gasteiger partial charge in [0.05, 0.1) is 21.1 Å². The second kappa shape index (κ2) is 14.6. The van der Waals surface area contributed by atoms with Crippen LogP contribution < -0.4 is 15.7 Å². The van der Waals surface area contributed by atoms with Crippen LogP contribution in [0.4, 0.5) is 4.79 Å². The Morgan fingerprint density at radius 3 is 2.46 bits per heavy atom. The molecule has 2 N–H and O–H groups in total. The van der Waals surface area contributed by atoms with Crippen LogP contribution in [-0.2, 0) is 38.2 Å². The zero-order valence-electron chi connectivity index (χ0n) is 21.7. The first-order chi connectivity index (χ1) is 17.1. The summed E-state index contributed by atoms with van der Waals surface area (Å²) < 4.78 is 15.2. The van der Waals surface area contributed by atoms with E-state index in [1.807, 2.05) is 21.1 Å². The summed E-state index contributed by atoms with van der Waals surface area (Å²) in [6, 6.07) is 0. The van der Waals surface area contributed by atoms with Crippen molar-refractivity contribution in [2.45, 2.75) is 38.9 Å². The predicted molar refractivity (Wildman–Crippen MR) is 130 cm³/mol. The number of carboxylic acids is 1. The monoisotopic (exact) mass is 545 g/mol. The van der Waals surface area contributed by atoms with Gasteiger partial charge in [-0.25, -0.2) is 9.59 Å². The molecule has 14 heteroatoms. The second-order valence-electron chi connectivity index (χ2n) is 10.0. The highest BCUT2D eigenvalue weighted by atomic mass is 32.2. The van der Waals surface area contributed by atoms with Crippen LogP contribution in [0.25, 0.3) is 0 Å². The number of carbonyl (C=O) groups is 6. The van der Waals surface area contributed by atoms with Crippen molar-refractivity contribution in [3.8, 4) is 0 Å². The first-order valence-corrected chi connectivity index (χ1v) is 12.5. The number of cyclic esters (lactones) is 2. The van der Waals surface area contributed by atoms with E-state index in [4.69, 9.17) is 14.2 Å². The van der Waals surface area contributed by atoms with Gasteiger partial charge in [0, 0.05) is 49.1 Å². The highest BCUT2D eigenvalue weighted by Crippen LogP contribution is 2.28. The van der Waals surface area contributed by atoms with Crippen LogP contribution >= 0.6 is 11.8 Å². The summed E-state index contributed by atoms with van der Waals surface area (Å²) in [4.78, 5) is 70.2. The topological polar surface area (TPSA) is 177 Å². The van der Waals surface area contributed by atoms with Gasteiger partial charge < -0.3 is 39.2 Å². The third-order valence-corrected chi connectivity index (χ3v) is 5.66. The SMILES string of the molecule is CC1(C)COC(=O)O[C@H]1C(=O)NCCC(=O)NCCSC(=O)/C=C/C(=O)O[C@H](CC(=O)[O-])C[N+](C)(C)C. The van der Waals surface area contributed by atoms with Gasteiger partial charge >= 0.3 is 12.1 Å². The van der Waals surface area contributed by atoms with Crippen molar-refractivity contribution in [2.75, 3.05) is 53.1 Å². The number of aliphatic carboxylic acids is 1. The maximum absolute atomic E-state index is 12.3.